The predicted molar refractivity (Wildman–Crippen MR) is 81.8 cm³/mol. The Morgan fingerprint density at radius 3 is 2.55 bits per heavy atom. The van der Waals surface area contributed by atoms with Crippen molar-refractivity contribution < 1.29 is 14.3 Å². The van der Waals surface area contributed by atoms with Gasteiger partial charge in [0.15, 0.2) is 0 Å². The maximum absolute atomic E-state index is 11.8. The fourth-order valence-corrected chi connectivity index (χ4v) is 2.09. The number of hydrogen-bond donors (Lipinski definition) is 1. The normalized spacial score (nSPS) is 10.4. The van der Waals surface area contributed by atoms with Gasteiger partial charge < -0.3 is 14.5 Å². The lowest BCUT2D eigenvalue weighted by molar-refractivity contribution is 0.0932. The molecule has 3 aromatic rings. The van der Waals surface area contributed by atoms with E-state index in [0.29, 0.717) is 10.9 Å². The van der Waals surface area contributed by atoms with E-state index >= 15 is 0 Å². The Hall–Kier alpha value is -3.08. The molecule has 110 valence electrons. The standard InChI is InChI=1S/C17H13NO4/c19-16-10-15(13-8-4-5-9-14(13)18-16)22-17(20)21-11-12-6-2-1-3-7-12/h1-10H,11H2,(H,18,19). The van der Waals surface area contributed by atoms with E-state index in [0.717, 1.165) is 5.56 Å². The van der Waals surface area contributed by atoms with Crippen LogP contribution in [0.3, 0.4) is 0 Å². The van der Waals surface area contributed by atoms with Crippen LogP contribution in [0.15, 0.2) is 65.5 Å². The maximum Gasteiger partial charge on any atom is 0.514 e. The molecule has 5 heteroatoms. The van der Waals surface area contributed by atoms with Gasteiger partial charge in [0.1, 0.15) is 12.4 Å². The fourth-order valence-electron chi connectivity index (χ4n) is 2.09. The number of nitrogens with one attached hydrogen (secondary N) is 1. The van der Waals surface area contributed by atoms with Gasteiger partial charge in [-0.15, -0.1) is 0 Å². The number of hydrogen-bond acceptors (Lipinski definition) is 4. The van der Waals surface area contributed by atoms with Gasteiger partial charge in [-0.05, 0) is 17.7 Å². The van der Waals surface area contributed by atoms with Gasteiger partial charge in [0, 0.05) is 11.5 Å². The second-order valence-corrected chi connectivity index (χ2v) is 4.67. The van der Waals surface area contributed by atoms with Crippen LogP contribution in [0.5, 0.6) is 5.75 Å². The summed E-state index contributed by atoms with van der Waals surface area (Å²) in [4.78, 5) is 26.0. The van der Waals surface area contributed by atoms with Gasteiger partial charge in [0.2, 0.25) is 0 Å². The zero-order valence-corrected chi connectivity index (χ0v) is 11.6. The highest BCUT2D eigenvalue weighted by Gasteiger charge is 2.11. The molecule has 0 radical (unpaired) electrons. The number of carbonyl (C=O) groups is 1. The van der Waals surface area contributed by atoms with Gasteiger partial charge in [0.25, 0.3) is 5.56 Å². The first-order valence-electron chi connectivity index (χ1n) is 6.73. The number of H-pyrrole nitrogens is 1. The van der Waals surface area contributed by atoms with Gasteiger partial charge in [-0.2, -0.15) is 0 Å². The second-order valence-electron chi connectivity index (χ2n) is 4.67. The van der Waals surface area contributed by atoms with Gasteiger partial charge in [0.05, 0.1) is 5.52 Å². The highest BCUT2D eigenvalue weighted by molar-refractivity contribution is 5.86. The highest BCUT2D eigenvalue weighted by atomic mass is 16.7. The third kappa shape index (κ3) is 3.15. The maximum atomic E-state index is 11.8. The Morgan fingerprint density at radius 1 is 1.00 bits per heavy atom. The lowest BCUT2D eigenvalue weighted by Gasteiger charge is -2.08. The van der Waals surface area contributed by atoms with Gasteiger partial charge in [-0.3, -0.25) is 4.79 Å². The van der Waals surface area contributed by atoms with Crippen LogP contribution >= 0.6 is 0 Å². The first kappa shape index (κ1) is 13.9. The van der Waals surface area contributed by atoms with E-state index in [1.165, 1.54) is 6.07 Å². The van der Waals surface area contributed by atoms with E-state index in [1.807, 2.05) is 30.3 Å². The van der Waals surface area contributed by atoms with Crippen molar-refractivity contribution >= 4 is 17.1 Å². The molecule has 0 atom stereocenters. The average Bonchev–Trinajstić information content (AvgIpc) is 2.54. The van der Waals surface area contributed by atoms with Gasteiger partial charge in [-0.25, -0.2) is 4.79 Å². The van der Waals surface area contributed by atoms with Crippen molar-refractivity contribution in [3.8, 4) is 5.75 Å². The van der Waals surface area contributed by atoms with Crippen LogP contribution in [0.4, 0.5) is 4.79 Å². The lowest BCUT2D eigenvalue weighted by atomic mass is 10.2. The van der Waals surface area contributed by atoms with Crippen LogP contribution < -0.4 is 10.3 Å². The first-order chi connectivity index (χ1) is 10.7. The van der Waals surface area contributed by atoms with E-state index in [9.17, 15) is 9.59 Å². The van der Waals surface area contributed by atoms with E-state index in [2.05, 4.69) is 4.98 Å². The molecule has 3 rings (SSSR count). The molecule has 1 N–H and O–H groups in total. The summed E-state index contributed by atoms with van der Waals surface area (Å²) >= 11 is 0. The summed E-state index contributed by atoms with van der Waals surface area (Å²) in [7, 11) is 0. The SMILES string of the molecule is O=C(OCc1ccccc1)Oc1cc(=O)[nH]c2ccccc12. The molecule has 1 aromatic heterocycles. The summed E-state index contributed by atoms with van der Waals surface area (Å²) in [6.45, 7) is 0.112. The van der Waals surface area contributed by atoms with Crippen LogP contribution in [0.25, 0.3) is 10.9 Å². The summed E-state index contributed by atoms with van der Waals surface area (Å²) in [6, 6.07) is 17.6. The lowest BCUT2D eigenvalue weighted by Crippen LogP contribution is -2.13. The Morgan fingerprint density at radius 2 is 1.73 bits per heavy atom. The minimum atomic E-state index is -0.848. The number of carbonyl (C=O) groups excluding carboxylic acids is 1. The van der Waals surface area contributed by atoms with Crippen molar-refractivity contribution in [2.24, 2.45) is 0 Å². The smallest absolute Gasteiger partial charge is 0.429 e. The van der Waals surface area contributed by atoms with Gasteiger partial charge >= 0.3 is 6.16 Å². The molecule has 0 saturated heterocycles. The first-order valence-corrected chi connectivity index (χ1v) is 6.73. The Balaban J connectivity index is 1.75. The molecule has 0 aliphatic rings. The largest absolute Gasteiger partial charge is 0.514 e. The van der Waals surface area contributed by atoms with Crippen molar-refractivity contribution in [3.63, 3.8) is 0 Å². The van der Waals surface area contributed by atoms with Crippen LogP contribution in [0, 0.1) is 0 Å². The molecule has 1 heterocycles. The van der Waals surface area contributed by atoms with Crippen molar-refractivity contribution in [3.05, 3.63) is 76.6 Å². The number of rotatable bonds is 3. The van der Waals surface area contributed by atoms with Crippen molar-refractivity contribution in [1.82, 2.24) is 4.98 Å². The van der Waals surface area contributed by atoms with E-state index < -0.39 is 6.16 Å². The van der Waals surface area contributed by atoms with Crippen LogP contribution in [0.2, 0.25) is 0 Å². The molecule has 22 heavy (non-hydrogen) atoms. The summed E-state index contributed by atoms with van der Waals surface area (Å²) in [5.41, 5.74) is 1.11. The third-order valence-corrected chi connectivity index (χ3v) is 3.11. The number of aromatic nitrogens is 1. The number of fused-ring (bicyclic) bond motifs is 1. The summed E-state index contributed by atoms with van der Waals surface area (Å²) in [6.07, 6.45) is -0.848. The van der Waals surface area contributed by atoms with Gasteiger partial charge in [-0.1, -0.05) is 42.5 Å². The van der Waals surface area contributed by atoms with Crippen LogP contribution in [0.1, 0.15) is 5.56 Å². The molecule has 5 nitrogen and oxygen atoms in total. The summed E-state index contributed by atoms with van der Waals surface area (Å²) in [5, 5.41) is 0.638. The number of pyridine rings is 1. The molecular formula is C17H13NO4. The third-order valence-electron chi connectivity index (χ3n) is 3.11. The van der Waals surface area contributed by atoms with Crippen molar-refractivity contribution in [2.75, 3.05) is 0 Å². The molecule has 0 bridgehead atoms. The molecule has 0 unspecified atom stereocenters. The second kappa shape index (κ2) is 6.13. The summed E-state index contributed by atoms with van der Waals surface area (Å²) < 4.78 is 10.2. The molecule has 0 amide bonds. The number of ether oxygens (including phenoxy) is 2. The number of aromatic amines is 1. The zero-order chi connectivity index (χ0) is 15.4. The quantitative estimate of drug-likeness (QED) is 0.753. The minimum absolute atomic E-state index is 0.112. The number of benzene rings is 2. The van der Waals surface area contributed by atoms with E-state index in [1.54, 1.807) is 24.3 Å². The average molecular weight is 295 g/mol. The topological polar surface area (TPSA) is 68.4 Å². The van der Waals surface area contributed by atoms with Crippen molar-refractivity contribution in [2.45, 2.75) is 6.61 Å². The molecule has 0 aliphatic carbocycles. The predicted octanol–water partition coefficient (Wildman–Crippen LogP) is 3.24. The molecule has 0 fully saturated rings. The molecule has 0 saturated carbocycles. The van der Waals surface area contributed by atoms with E-state index in [4.69, 9.17) is 9.47 Å². The van der Waals surface area contributed by atoms with Crippen molar-refractivity contribution in [1.29, 1.82) is 0 Å². The molecular weight excluding hydrogens is 282 g/mol. The minimum Gasteiger partial charge on any atom is -0.429 e. The Labute approximate surface area is 126 Å². The van der Waals surface area contributed by atoms with Crippen LogP contribution in [-0.4, -0.2) is 11.1 Å². The molecule has 0 spiro atoms. The summed E-state index contributed by atoms with van der Waals surface area (Å²) in [5.74, 6) is 0.178. The zero-order valence-electron chi connectivity index (χ0n) is 11.6. The van der Waals surface area contributed by atoms with Crippen LogP contribution in [-0.2, 0) is 11.3 Å². The number of para-hydroxylation sites is 1. The highest BCUT2D eigenvalue weighted by Crippen LogP contribution is 2.22. The Bertz CT molecular complexity index is 855. The fraction of sp³-hybridized carbons (Fsp3) is 0.0588. The molecule has 2 aromatic carbocycles. The Kier molecular flexibility index (Phi) is 3.87. The molecule has 0 aliphatic heterocycles. The monoisotopic (exact) mass is 295 g/mol. The van der Waals surface area contributed by atoms with E-state index in [-0.39, 0.29) is 17.9 Å².